The van der Waals surface area contributed by atoms with E-state index in [0.29, 0.717) is 23.0 Å². The number of anilines is 1. The molecule has 2 amide bonds. The number of carbonyl (C=O) groups excluding carboxylic acids is 2. The van der Waals surface area contributed by atoms with Crippen molar-refractivity contribution in [1.82, 2.24) is 5.32 Å². The first-order valence-electron chi connectivity index (χ1n) is 4.85. The van der Waals surface area contributed by atoms with E-state index in [1.165, 1.54) is 0 Å². The van der Waals surface area contributed by atoms with Crippen LogP contribution in [-0.4, -0.2) is 24.2 Å². The maximum atomic E-state index is 11.3. The predicted molar refractivity (Wildman–Crippen MR) is 66.9 cm³/mol. The van der Waals surface area contributed by atoms with Crippen molar-refractivity contribution >= 4 is 33.4 Å². The van der Waals surface area contributed by atoms with E-state index in [9.17, 15) is 9.59 Å². The van der Waals surface area contributed by atoms with Gasteiger partial charge >= 0.3 is 0 Å². The van der Waals surface area contributed by atoms with Gasteiger partial charge in [0.15, 0.2) is 0 Å². The zero-order chi connectivity index (χ0) is 12.0. The van der Waals surface area contributed by atoms with Crippen molar-refractivity contribution < 1.29 is 9.59 Å². The molecule has 0 atom stereocenters. The summed E-state index contributed by atoms with van der Waals surface area (Å²) >= 11 is 3.19. The van der Waals surface area contributed by atoms with Crippen molar-refractivity contribution in [2.45, 2.75) is 6.42 Å². The van der Waals surface area contributed by atoms with Crippen molar-refractivity contribution in [3.63, 3.8) is 0 Å². The largest absolute Gasteiger partial charge is 0.355 e. The van der Waals surface area contributed by atoms with Gasteiger partial charge in [-0.15, -0.1) is 0 Å². The number of rotatable bonds is 4. The summed E-state index contributed by atoms with van der Waals surface area (Å²) in [6.07, 6.45) is 0.428. The highest BCUT2D eigenvalue weighted by Crippen LogP contribution is 2.10. The SMILES string of the molecule is CNC(=O)c1ccc(NC(=O)CCBr)cc1. The van der Waals surface area contributed by atoms with Crippen molar-refractivity contribution in [3.8, 4) is 0 Å². The summed E-state index contributed by atoms with van der Waals surface area (Å²) in [4.78, 5) is 22.5. The van der Waals surface area contributed by atoms with Crippen molar-refractivity contribution in [1.29, 1.82) is 0 Å². The van der Waals surface area contributed by atoms with E-state index in [-0.39, 0.29) is 11.8 Å². The molecule has 2 N–H and O–H groups in total. The molecule has 0 saturated heterocycles. The molecule has 0 aliphatic rings. The maximum Gasteiger partial charge on any atom is 0.251 e. The molecule has 1 aromatic carbocycles. The van der Waals surface area contributed by atoms with Crippen LogP contribution in [0.1, 0.15) is 16.8 Å². The Morgan fingerprint density at radius 3 is 2.38 bits per heavy atom. The lowest BCUT2D eigenvalue weighted by atomic mass is 10.2. The molecule has 0 aliphatic heterocycles. The summed E-state index contributed by atoms with van der Waals surface area (Å²) in [5.74, 6) is -0.192. The molecular weight excluding hydrogens is 272 g/mol. The van der Waals surface area contributed by atoms with E-state index in [1.807, 2.05) is 0 Å². The Morgan fingerprint density at radius 2 is 1.88 bits per heavy atom. The van der Waals surface area contributed by atoms with Gasteiger partial charge in [-0.1, -0.05) is 15.9 Å². The molecule has 0 fully saturated rings. The molecular formula is C11H13BrN2O2. The van der Waals surface area contributed by atoms with Gasteiger partial charge < -0.3 is 10.6 Å². The average molecular weight is 285 g/mol. The Labute approximate surface area is 103 Å². The van der Waals surface area contributed by atoms with Crippen LogP contribution in [-0.2, 0) is 4.79 Å². The molecule has 0 saturated carbocycles. The Bertz CT molecular complexity index is 376. The van der Waals surface area contributed by atoms with Gasteiger partial charge in [-0.3, -0.25) is 9.59 Å². The topological polar surface area (TPSA) is 58.2 Å². The molecule has 1 rings (SSSR count). The van der Waals surface area contributed by atoms with Gasteiger partial charge in [0.05, 0.1) is 0 Å². The van der Waals surface area contributed by atoms with E-state index < -0.39 is 0 Å². The summed E-state index contributed by atoms with van der Waals surface area (Å²) in [6, 6.07) is 6.75. The van der Waals surface area contributed by atoms with Crippen LogP contribution in [0, 0.1) is 0 Å². The highest BCUT2D eigenvalue weighted by Gasteiger charge is 2.04. The molecule has 1 aromatic rings. The standard InChI is InChI=1S/C11H13BrN2O2/c1-13-11(16)8-2-4-9(5-3-8)14-10(15)6-7-12/h2-5H,6-7H2,1H3,(H,13,16)(H,14,15). The molecule has 0 bridgehead atoms. The third-order valence-corrected chi connectivity index (χ3v) is 2.38. The lowest BCUT2D eigenvalue weighted by molar-refractivity contribution is -0.115. The predicted octanol–water partition coefficient (Wildman–Crippen LogP) is 1.77. The summed E-state index contributed by atoms with van der Waals surface area (Å²) in [5, 5.41) is 5.89. The monoisotopic (exact) mass is 284 g/mol. The first-order chi connectivity index (χ1) is 7.67. The maximum absolute atomic E-state index is 11.3. The lowest BCUT2D eigenvalue weighted by Crippen LogP contribution is -2.17. The van der Waals surface area contributed by atoms with E-state index in [4.69, 9.17) is 0 Å². The normalized spacial score (nSPS) is 9.62. The molecule has 0 spiro atoms. The fraction of sp³-hybridized carbons (Fsp3) is 0.273. The number of nitrogens with one attached hydrogen (secondary N) is 2. The van der Waals surface area contributed by atoms with Gasteiger partial charge in [-0.2, -0.15) is 0 Å². The smallest absolute Gasteiger partial charge is 0.251 e. The molecule has 16 heavy (non-hydrogen) atoms. The van der Waals surface area contributed by atoms with Crippen molar-refractivity contribution in [3.05, 3.63) is 29.8 Å². The van der Waals surface area contributed by atoms with Crippen LogP contribution < -0.4 is 10.6 Å². The van der Waals surface area contributed by atoms with E-state index in [2.05, 4.69) is 26.6 Å². The summed E-state index contributed by atoms with van der Waals surface area (Å²) in [7, 11) is 1.58. The Kier molecular flexibility index (Phi) is 4.98. The number of alkyl halides is 1. The molecule has 0 aromatic heterocycles. The van der Waals surface area contributed by atoms with Crippen LogP contribution >= 0.6 is 15.9 Å². The molecule has 0 radical (unpaired) electrons. The van der Waals surface area contributed by atoms with Crippen molar-refractivity contribution in [2.75, 3.05) is 17.7 Å². The summed E-state index contributed by atoms with van der Waals surface area (Å²) in [6.45, 7) is 0. The zero-order valence-corrected chi connectivity index (χ0v) is 10.5. The number of hydrogen-bond acceptors (Lipinski definition) is 2. The van der Waals surface area contributed by atoms with Gasteiger partial charge in [-0.25, -0.2) is 0 Å². The van der Waals surface area contributed by atoms with Gasteiger partial charge in [0.2, 0.25) is 5.91 Å². The first kappa shape index (κ1) is 12.7. The fourth-order valence-electron chi connectivity index (χ4n) is 1.16. The third kappa shape index (κ3) is 3.66. The van der Waals surface area contributed by atoms with Crippen LogP contribution in [0.5, 0.6) is 0 Å². The number of halogens is 1. The Balaban J connectivity index is 2.64. The van der Waals surface area contributed by atoms with E-state index in [0.717, 1.165) is 0 Å². The third-order valence-electron chi connectivity index (χ3n) is 1.98. The number of hydrogen-bond donors (Lipinski definition) is 2. The fourth-order valence-corrected chi connectivity index (χ4v) is 1.52. The quantitative estimate of drug-likeness (QED) is 0.828. The van der Waals surface area contributed by atoms with Crippen LogP contribution in [0.25, 0.3) is 0 Å². The van der Waals surface area contributed by atoms with Crippen LogP contribution in [0.15, 0.2) is 24.3 Å². The summed E-state index contributed by atoms with van der Waals surface area (Å²) < 4.78 is 0. The molecule has 0 heterocycles. The number of amides is 2. The first-order valence-corrected chi connectivity index (χ1v) is 5.97. The van der Waals surface area contributed by atoms with Crippen LogP contribution in [0.4, 0.5) is 5.69 Å². The van der Waals surface area contributed by atoms with Gasteiger partial charge in [0.1, 0.15) is 0 Å². The second-order valence-electron chi connectivity index (χ2n) is 3.14. The van der Waals surface area contributed by atoms with E-state index in [1.54, 1.807) is 31.3 Å². The van der Waals surface area contributed by atoms with Crippen molar-refractivity contribution in [2.24, 2.45) is 0 Å². The van der Waals surface area contributed by atoms with Gasteiger partial charge in [0, 0.05) is 30.0 Å². The number of carbonyl (C=O) groups is 2. The number of benzene rings is 1. The van der Waals surface area contributed by atoms with Gasteiger partial charge in [-0.05, 0) is 24.3 Å². The molecule has 5 heteroatoms. The zero-order valence-electron chi connectivity index (χ0n) is 8.92. The van der Waals surface area contributed by atoms with Gasteiger partial charge in [0.25, 0.3) is 5.91 Å². The minimum Gasteiger partial charge on any atom is -0.355 e. The Morgan fingerprint density at radius 1 is 1.25 bits per heavy atom. The highest BCUT2D eigenvalue weighted by atomic mass is 79.9. The second kappa shape index (κ2) is 6.27. The average Bonchev–Trinajstić information content (AvgIpc) is 2.29. The van der Waals surface area contributed by atoms with Crippen LogP contribution in [0.3, 0.4) is 0 Å². The van der Waals surface area contributed by atoms with Crippen LogP contribution in [0.2, 0.25) is 0 Å². The van der Waals surface area contributed by atoms with E-state index >= 15 is 0 Å². The lowest BCUT2D eigenvalue weighted by Gasteiger charge is -2.05. The highest BCUT2D eigenvalue weighted by molar-refractivity contribution is 9.09. The molecule has 86 valence electrons. The second-order valence-corrected chi connectivity index (χ2v) is 3.94. The minimum absolute atomic E-state index is 0.0513. The summed E-state index contributed by atoms with van der Waals surface area (Å²) in [5.41, 5.74) is 1.26. The molecule has 0 unspecified atom stereocenters. The molecule has 4 nitrogen and oxygen atoms in total. The molecule has 0 aliphatic carbocycles. The minimum atomic E-state index is -0.140. The Hall–Kier alpha value is -1.36.